The summed E-state index contributed by atoms with van der Waals surface area (Å²) < 4.78 is 11.5. The van der Waals surface area contributed by atoms with Crippen molar-refractivity contribution in [2.75, 3.05) is 33.4 Å². The molecule has 1 fully saturated rings. The number of morpholine rings is 1. The normalized spacial score (nSPS) is 17.4. The Bertz CT molecular complexity index is 354. The maximum atomic E-state index is 5.34. The Balaban J connectivity index is 2.07. The van der Waals surface area contributed by atoms with Gasteiger partial charge in [0.1, 0.15) is 10.4 Å². The van der Waals surface area contributed by atoms with Crippen molar-refractivity contribution in [2.45, 2.75) is 6.54 Å². The molecule has 0 radical (unpaired) electrons. The van der Waals surface area contributed by atoms with E-state index >= 15 is 0 Å². The van der Waals surface area contributed by atoms with E-state index in [9.17, 15) is 0 Å². The molecular weight excluding hydrogens is 272 g/mol. The van der Waals surface area contributed by atoms with E-state index < -0.39 is 0 Å². The number of ether oxygens (including phenoxy) is 2. The highest BCUT2D eigenvalue weighted by Crippen LogP contribution is 2.22. The predicted molar refractivity (Wildman–Crippen MR) is 64.6 cm³/mol. The van der Waals surface area contributed by atoms with Crippen LogP contribution in [-0.4, -0.2) is 43.3 Å². The maximum Gasteiger partial charge on any atom is 0.127 e. The summed E-state index contributed by atoms with van der Waals surface area (Å²) in [5.74, 6) is 0.883. The topological polar surface area (TPSA) is 34.6 Å². The van der Waals surface area contributed by atoms with Crippen molar-refractivity contribution < 1.29 is 9.47 Å². The molecule has 0 unspecified atom stereocenters. The summed E-state index contributed by atoms with van der Waals surface area (Å²) in [5, 5.41) is 0. The van der Waals surface area contributed by atoms with E-state index in [0.717, 1.165) is 48.8 Å². The SMILES string of the molecule is COc1cc(Br)ncc1CN1CCOCC1. The zero-order valence-corrected chi connectivity index (χ0v) is 10.9. The van der Waals surface area contributed by atoms with Gasteiger partial charge in [0.2, 0.25) is 0 Å². The number of hydrogen-bond donors (Lipinski definition) is 0. The summed E-state index contributed by atoms with van der Waals surface area (Å²) in [4.78, 5) is 6.58. The molecule has 0 spiro atoms. The lowest BCUT2D eigenvalue weighted by Gasteiger charge is -2.26. The van der Waals surface area contributed by atoms with Gasteiger partial charge in [-0.15, -0.1) is 0 Å². The minimum absolute atomic E-state index is 0.801. The number of pyridine rings is 1. The van der Waals surface area contributed by atoms with Crippen LogP contribution in [0.5, 0.6) is 5.75 Å². The van der Waals surface area contributed by atoms with Crippen LogP contribution in [0.3, 0.4) is 0 Å². The Morgan fingerprint density at radius 3 is 2.94 bits per heavy atom. The third kappa shape index (κ3) is 2.93. The highest BCUT2D eigenvalue weighted by Gasteiger charge is 2.13. The van der Waals surface area contributed by atoms with Gasteiger partial charge < -0.3 is 9.47 Å². The van der Waals surface area contributed by atoms with Crippen LogP contribution in [0.25, 0.3) is 0 Å². The van der Waals surface area contributed by atoms with Crippen LogP contribution < -0.4 is 4.74 Å². The molecule has 0 atom stereocenters. The fraction of sp³-hybridized carbons (Fsp3) is 0.545. The molecule has 0 saturated carbocycles. The van der Waals surface area contributed by atoms with Gasteiger partial charge in [-0.2, -0.15) is 0 Å². The lowest BCUT2D eigenvalue weighted by Crippen LogP contribution is -2.35. The minimum atomic E-state index is 0.801. The number of halogens is 1. The van der Waals surface area contributed by atoms with Crippen LogP contribution >= 0.6 is 15.9 Å². The van der Waals surface area contributed by atoms with Crippen LogP contribution in [0.2, 0.25) is 0 Å². The molecule has 88 valence electrons. The number of rotatable bonds is 3. The monoisotopic (exact) mass is 286 g/mol. The zero-order chi connectivity index (χ0) is 11.4. The fourth-order valence-corrected chi connectivity index (χ4v) is 2.06. The van der Waals surface area contributed by atoms with Gasteiger partial charge in [0.25, 0.3) is 0 Å². The molecule has 1 aliphatic rings. The Hall–Kier alpha value is -0.650. The average Bonchev–Trinajstić information content (AvgIpc) is 2.33. The molecule has 4 nitrogen and oxygen atoms in total. The quantitative estimate of drug-likeness (QED) is 0.792. The van der Waals surface area contributed by atoms with Crippen LogP contribution in [0.15, 0.2) is 16.9 Å². The number of methoxy groups -OCH3 is 1. The molecule has 0 amide bonds. The first kappa shape index (κ1) is 11.8. The van der Waals surface area contributed by atoms with Gasteiger partial charge in [0.15, 0.2) is 0 Å². The van der Waals surface area contributed by atoms with Gasteiger partial charge in [0.05, 0.1) is 20.3 Å². The number of hydrogen-bond acceptors (Lipinski definition) is 4. The first-order chi connectivity index (χ1) is 7.79. The van der Waals surface area contributed by atoms with Crippen LogP contribution in [-0.2, 0) is 11.3 Å². The van der Waals surface area contributed by atoms with Crippen molar-refractivity contribution in [3.8, 4) is 5.75 Å². The molecule has 0 N–H and O–H groups in total. The highest BCUT2D eigenvalue weighted by molar-refractivity contribution is 9.10. The molecule has 16 heavy (non-hydrogen) atoms. The molecule has 0 aromatic carbocycles. The minimum Gasteiger partial charge on any atom is -0.496 e. The fourth-order valence-electron chi connectivity index (χ4n) is 1.75. The summed E-state index contributed by atoms with van der Waals surface area (Å²) in [6.07, 6.45) is 1.86. The van der Waals surface area contributed by atoms with E-state index in [1.807, 2.05) is 12.3 Å². The molecule has 0 bridgehead atoms. The second kappa shape index (κ2) is 5.61. The van der Waals surface area contributed by atoms with Crippen molar-refractivity contribution >= 4 is 15.9 Å². The third-order valence-electron chi connectivity index (χ3n) is 2.63. The van der Waals surface area contributed by atoms with Gasteiger partial charge in [0, 0.05) is 37.5 Å². The Kier molecular flexibility index (Phi) is 4.15. The van der Waals surface area contributed by atoms with Gasteiger partial charge >= 0.3 is 0 Å². The summed E-state index contributed by atoms with van der Waals surface area (Å²) in [6.45, 7) is 4.43. The van der Waals surface area contributed by atoms with E-state index in [-0.39, 0.29) is 0 Å². The van der Waals surface area contributed by atoms with Gasteiger partial charge in [-0.3, -0.25) is 4.90 Å². The van der Waals surface area contributed by atoms with Crippen LogP contribution in [0, 0.1) is 0 Å². The summed E-state index contributed by atoms with van der Waals surface area (Å²) >= 11 is 3.34. The van der Waals surface area contributed by atoms with Crippen molar-refractivity contribution in [3.63, 3.8) is 0 Å². The second-order valence-corrected chi connectivity index (χ2v) is 4.52. The van der Waals surface area contributed by atoms with Crippen molar-refractivity contribution in [1.29, 1.82) is 0 Å². The molecule has 1 saturated heterocycles. The second-order valence-electron chi connectivity index (χ2n) is 3.71. The van der Waals surface area contributed by atoms with Crippen molar-refractivity contribution in [2.24, 2.45) is 0 Å². The molecule has 5 heteroatoms. The van der Waals surface area contributed by atoms with Crippen molar-refractivity contribution in [1.82, 2.24) is 9.88 Å². The molecule has 2 heterocycles. The van der Waals surface area contributed by atoms with Gasteiger partial charge in [-0.05, 0) is 15.9 Å². The lowest BCUT2D eigenvalue weighted by atomic mass is 10.2. The van der Waals surface area contributed by atoms with E-state index in [4.69, 9.17) is 9.47 Å². The summed E-state index contributed by atoms with van der Waals surface area (Å²) in [7, 11) is 1.69. The van der Waals surface area contributed by atoms with E-state index in [1.54, 1.807) is 7.11 Å². The highest BCUT2D eigenvalue weighted by atomic mass is 79.9. The average molecular weight is 287 g/mol. The Labute approximate surface area is 104 Å². The Morgan fingerprint density at radius 1 is 1.50 bits per heavy atom. The molecule has 1 aromatic heterocycles. The van der Waals surface area contributed by atoms with Gasteiger partial charge in [-0.1, -0.05) is 0 Å². The van der Waals surface area contributed by atoms with E-state index in [0.29, 0.717) is 0 Å². The zero-order valence-electron chi connectivity index (χ0n) is 9.28. The molecule has 1 aliphatic heterocycles. The standard InChI is InChI=1S/C11H15BrN2O2/c1-15-10-6-11(12)13-7-9(10)8-14-2-4-16-5-3-14/h6-7H,2-5,8H2,1H3. The first-order valence-electron chi connectivity index (χ1n) is 5.28. The van der Waals surface area contributed by atoms with Crippen LogP contribution in [0.1, 0.15) is 5.56 Å². The number of nitrogens with zero attached hydrogens (tertiary/aromatic N) is 2. The molecular formula is C11H15BrN2O2. The lowest BCUT2D eigenvalue weighted by molar-refractivity contribution is 0.0338. The smallest absolute Gasteiger partial charge is 0.127 e. The third-order valence-corrected chi connectivity index (χ3v) is 3.06. The maximum absolute atomic E-state index is 5.34. The largest absolute Gasteiger partial charge is 0.496 e. The van der Waals surface area contributed by atoms with Crippen LogP contribution in [0.4, 0.5) is 0 Å². The van der Waals surface area contributed by atoms with E-state index in [1.165, 1.54) is 0 Å². The molecule has 1 aromatic rings. The van der Waals surface area contributed by atoms with Crippen molar-refractivity contribution in [3.05, 3.63) is 22.4 Å². The number of aromatic nitrogens is 1. The Morgan fingerprint density at radius 2 is 2.25 bits per heavy atom. The predicted octanol–water partition coefficient (Wildman–Crippen LogP) is 1.68. The first-order valence-corrected chi connectivity index (χ1v) is 6.07. The summed E-state index contributed by atoms with van der Waals surface area (Å²) in [5.41, 5.74) is 1.12. The van der Waals surface area contributed by atoms with E-state index in [2.05, 4.69) is 25.8 Å². The molecule has 0 aliphatic carbocycles. The summed E-state index contributed by atoms with van der Waals surface area (Å²) in [6, 6.07) is 1.90. The molecule has 2 rings (SSSR count). The van der Waals surface area contributed by atoms with Gasteiger partial charge in [-0.25, -0.2) is 4.98 Å².